The summed E-state index contributed by atoms with van der Waals surface area (Å²) in [6.45, 7) is 1.48. The van der Waals surface area contributed by atoms with Crippen LogP contribution in [0.3, 0.4) is 0 Å². The monoisotopic (exact) mass is 377 g/mol. The van der Waals surface area contributed by atoms with Gasteiger partial charge in [0.15, 0.2) is 0 Å². The average Bonchev–Trinajstić information content (AvgIpc) is 3.03. The molecule has 1 amide bonds. The Morgan fingerprint density at radius 2 is 2.23 bits per heavy atom. The first-order chi connectivity index (χ1) is 12.6. The summed E-state index contributed by atoms with van der Waals surface area (Å²) >= 11 is 1.58. The summed E-state index contributed by atoms with van der Waals surface area (Å²) < 4.78 is 4.68. The van der Waals surface area contributed by atoms with Gasteiger partial charge in [-0.1, -0.05) is 0 Å². The van der Waals surface area contributed by atoms with Crippen molar-refractivity contribution in [3.63, 3.8) is 0 Å². The fourth-order valence-corrected chi connectivity index (χ4v) is 5.46. The molecule has 0 spiro atoms. The van der Waals surface area contributed by atoms with Gasteiger partial charge in [0, 0.05) is 37.0 Å². The lowest BCUT2D eigenvalue weighted by molar-refractivity contribution is -0.140. The second-order valence-corrected chi connectivity index (χ2v) is 8.70. The maximum Gasteiger partial charge on any atom is 0.307 e. The van der Waals surface area contributed by atoms with Crippen LogP contribution in [0.25, 0.3) is 0 Å². The van der Waals surface area contributed by atoms with Crippen molar-refractivity contribution in [1.29, 1.82) is 0 Å². The Balaban J connectivity index is 1.51. The Bertz CT molecular complexity index is 661. The van der Waals surface area contributed by atoms with Gasteiger partial charge >= 0.3 is 5.97 Å². The standard InChI is InChI=1S/C19H27N3O3S/c1-25-17(23)6-7-20-18(24)19(8-14-11-26-12-21-14)9-15-4-5-16(19)22(15)10-13-2-3-13/h11-13,15-16H,2-10H2,1H3,(H,20,24)/t15-,16+,19+/m1/s1. The number of hydrogen-bond acceptors (Lipinski definition) is 6. The van der Waals surface area contributed by atoms with Gasteiger partial charge in [-0.15, -0.1) is 11.3 Å². The van der Waals surface area contributed by atoms with Gasteiger partial charge in [-0.2, -0.15) is 0 Å². The number of ether oxygens (including phenoxy) is 1. The first kappa shape index (κ1) is 17.9. The molecular weight excluding hydrogens is 350 g/mol. The summed E-state index contributed by atoms with van der Waals surface area (Å²) in [6, 6.07) is 0.818. The predicted octanol–water partition coefficient (Wildman–Crippen LogP) is 2.00. The molecular formula is C19H27N3O3S. The number of fused-ring (bicyclic) bond motifs is 2. The number of carbonyl (C=O) groups is 2. The number of hydrogen-bond donors (Lipinski definition) is 1. The maximum absolute atomic E-state index is 13.3. The Labute approximate surface area is 158 Å². The number of methoxy groups -OCH3 is 1. The third-order valence-corrected chi connectivity index (χ3v) is 6.96. The van der Waals surface area contributed by atoms with Crippen LogP contribution < -0.4 is 5.32 Å². The van der Waals surface area contributed by atoms with Crippen LogP contribution in [0.4, 0.5) is 0 Å². The average molecular weight is 378 g/mol. The zero-order valence-corrected chi connectivity index (χ0v) is 16.1. The summed E-state index contributed by atoms with van der Waals surface area (Å²) in [6.07, 6.45) is 6.78. The van der Waals surface area contributed by atoms with E-state index in [1.54, 1.807) is 11.3 Å². The van der Waals surface area contributed by atoms with Crippen molar-refractivity contribution in [2.45, 2.75) is 57.0 Å². The van der Waals surface area contributed by atoms with Crippen LogP contribution in [0.2, 0.25) is 0 Å². The highest BCUT2D eigenvalue weighted by atomic mass is 32.1. The SMILES string of the molecule is COC(=O)CCNC(=O)[C@@]1(Cc2cscn2)C[C@H]2CC[C@@H]1N2CC1CC1. The van der Waals surface area contributed by atoms with Crippen LogP contribution in [0.5, 0.6) is 0 Å². The first-order valence-corrected chi connectivity index (χ1v) is 10.5. The van der Waals surface area contributed by atoms with Gasteiger partial charge in [0.25, 0.3) is 0 Å². The van der Waals surface area contributed by atoms with Gasteiger partial charge in [0.1, 0.15) is 0 Å². The van der Waals surface area contributed by atoms with Gasteiger partial charge in [0.2, 0.25) is 5.91 Å². The quantitative estimate of drug-likeness (QED) is 0.702. The predicted molar refractivity (Wildman–Crippen MR) is 98.8 cm³/mol. The molecule has 0 unspecified atom stereocenters. The molecule has 3 heterocycles. The summed E-state index contributed by atoms with van der Waals surface area (Å²) in [4.78, 5) is 31.7. The highest BCUT2D eigenvalue weighted by molar-refractivity contribution is 7.07. The van der Waals surface area contributed by atoms with E-state index in [0.29, 0.717) is 25.0 Å². The van der Waals surface area contributed by atoms with Gasteiger partial charge in [-0.3, -0.25) is 14.5 Å². The molecule has 1 aromatic heterocycles. The highest BCUT2D eigenvalue weighted by Gasteiger charge is 2.60. The number of aromatic nitrogens is 1. The Kier molecular flexibility index (Phi) is 5.01. The Hall–Kier alpha value is -1.47. The van der Waals surface area contributed by atoms with Crippen LogP contribution in [0, 0.1) is 11.3 Å². The van der Waals surface area contributed by atoms with Crippen LogP contribution in [-0.4, -0.2) is 54.0 Å². The second-order valence-electron chi connectivity index (χ2n) is 7.99. The van der Waals surface area contributed by atoms with E-state index in [9.17, 15) is 9.59 Å². The van der Waals surface area contributed by atoms with Crippen molar-refractivity contribution in [3.05, 3.63) is 16.6 Å². The molecule has 1 aromatic rings. The van der Waals surface area contributed by atoms with E-state index in [2.05, 4.69) is 25.3 Å². The van der Waals surface area contributed by atoms with Crippen LogP contribution in [-0.2, 0) is 20.7 Å². The minimum absolute atomic E-state index is 0.0856. The molecule has 1 N–H and O–H groups in total. The van der Waals surface area contributed by atoms with Gasteiger partial charge < -0.3 is 10.1 Å². The van der Waals surface area contributed by atoms with E-state index in [1.807, 2.05) is 5.51 Å². The molecule has 3 atom stereocenters. The number of nitrogens with zero attached hydrogens (tertiary/aromatic N) is 2. The Morgan fingerprint density at radius 3 is 2.92 bits per heavy atom. The number of carbonyl (C=O) groups excluding carboxylic acids is 2. The van der Waals surface area contributed by atoms with E-state index in [-0.39, 0.29) is 18.3 Å². The molecule has 26 heavy (non-hydrogen) atoms. The molecule has 4 rings (SSSR count). The first-order valence-electron chi connectivity index (χ1n) is 9.60. The molecule has 2 saturated heterocycles. The summed E-state index contributed by atoms with van der Waals surface area (Å²) in [7, 11) is 1.37. The largest absolute Gasteiger partial charge is 0.469 e. The zero-order chi connectivity index (χ0) is 18.1. The molecule has 6 nitrogen and oxygen atoms in total. The van der Waals surface area contributed by atoms with Crippen molar-refractivity contribution in [3.8, 4) is 0 Å². The second kappa shape index (κ2) is 7.27. The normalized spacial score (nSPS) is 30.5. The molecule has 3 fully saturated rings. The van der Waals surface area contributed by atoms with Crippen molar-refractivity contribution < 1.29 is 14.3 Å². The fourth-order valence-electron chi connectivity index (χ4n) is 4.90. The smallest absolute Gasteiger partial charge is 0.307 e. The maximum atomic E-state index is 13.3. The van der Waals surface area contributed by atoms with Crippen LogP contribution in [0.15, 0.2) is 10.9 Å². The van der Waals surface area contributed by atoms with Crippen molar-refractivity contribution in [2.24, 2.45) is 11.3 Å². The van der Waals surface area contributed by atoms with Crippen LogP contribution >= 0.6 is 11.3 Å². The minimum Gasteiger partial charge on any atom is -0.469 e. The summed E-state index contributed by atoms with van der Waals surface area (Å²) in [5, 5.41) is 5.08. The Morgan fingerprint density at radius 1 is 1.38 bits per heavy atom. The highest BCUT2D eigenvalue weighted by Crippen LogP contribution is 2.52. The third-order valence-electron chi connectivity index (χ3n) is 6.32. The lowest BCUT2D eigenvalue weighted by Gasteiger charge is -2.36. The minimum atomic E-state index is -0.415. The van der Waals surface area contributed by atoms with Crippen molar-refractivity contribution in [1.82, 2.24) is 15.2 Å². The van der Waals surface area contributed by atoms with Gasteiger partial charge in [0.05, 0.1) is 30.2 Å². The molecule has 142 valence electrons. The van der Waals surface area contributed by atoms with E-state index in [0.717, 1.165) is 31.0 Å². The molecule has 0 aromatic carbocycles. The number of esters is 1. The fraction of sp³-hybridized carbons (Fsp3) is 0.737. The van der Waals surface area contributed by atoms with Crippen LogP contribution in [0.1, 0.15) is 44.2 Å². The van der Waals surface area contributed by atoms with Gasteiger partial charge in [-0.05, 0) is 38.0 Å². The van der Waals surface area contributed by atoms with E-state index < -0.39 is 5.41 Å². The molecule has 1 saturated carbocycles. The molecule has 2 aliphatic heterocycles. The molecule has 3 aliphatic rings. The summed E-state index contributed by atoms with van der Waals surface area (Å²) in [5.74, 6) is 0.625. The van der Waals surface area contributed by atoms with Crippen molar-refractivity contribution in [2.75, 3.05) is 20.2 Å². The summed E-state index contributed by atoms with van der Waals surface area (Å²) in [5.41, 5.74) is 2.44. The number of thiazole rings is 1. The zero-order valence-electron chi connectivity index (χ0n) is 15.3. The van der Waals surface area contributed by atoms with Gasteiger partial charge in [-0.25, -0.2) is 4.98 Å². The molecule has 2 bridgehead atoms. The topological polar surface area (TPSA) is 71.5 Å². The van der Waals surface area contributed by atoms with E-state index >= 15 is 0 Å². The number of nitrogens with one attached hydrogen (secondary N) is 1. The van der Waals surface area contributed by atoms with E-state index in [4.69, 9.17) is 0 Å². The van der Waals surface area contributed by atoms with E-state index in [1.165, 1.54) is 26.4 Å². The molecule has 7 heteroatoms. The lowest BCUT2D eigenvalue weighted by Crippen LogP contribution is -2.51. The molecule has 0 radical (unpaired) electrons. The molecule has 1 aliphatic carbocycles. The van der Waals surface area contributed by atoms with Crippen molar-refractivity contribution >= 4 is 23.2 Å². The number of rotatable bonds is 8. The number of amides is 1. The third kappa shape index (κ3) is 3.39. The lowest BCUT2D eigenvalue weighted by atomic mass is 9.70.